The maximum Gasteiger partial charge on any atom is 0.419 e. The molecule has 2 heterocycles. The first-order chi connectivity index (χ1) is 18.4. The Balaban J connectivity index is 1.48. The molecule has 0 unspecified atom stereocenters. The number of nitrogens with zero attached hydrogens (tertiary/aromatic N) is 1. The minimum atomic E-state index is -1.29. The summed E-state index contributed by atoms with van der Waals surface area (Å²) in [5.74, 6) is -1.64. The molecule has 1 atom stereocenters. The second-order valence-electron chi connectivity index (χ2n) is 10.8. The van der Waals surface area contributed by atoms with Gasteiger partial charge in [0.15, 0.2) is 5.58 Å². The largest absolute Gasteiger partial charge is 0.444 e. The van der Waals surface area contributed by atoms with Crippen LogP contribution in [0.5, 0.6) is 0 Å². The van der Waals surface area contributed by atoms with Gasteiger partial charge in [0, 0.05) is 39.5 Å². The van der Waals surface area contributed by atoms with Gasteiger partial charge in [0.25, 0.3) is 0 Å². The van der Waals surface area contributed by atoms with Crippen molar-refractivity contribution in [1.29, 1.82) is 0 Å². The molecule has 11 nitrogen and oxygen atoms in total. The molecule has 2 aromatic carbocycles. The fourth-order valence-corrected chi connectivity index (χ4v) is 4.52. The van der Waals surface area contributed by atoms with Gasteiger partial charge in [0.1, 0.15) is 17.2 Å². The number of nitrogens with two attached hydrogens (primary N) is 1. The molecular weight excluding hydrogens is 504 g/mol. The van der Waals surface area contributed by atoms with E-state index >= 15 is 0 Å². The van der Waals surface area contributed by atoms with E-state index in [1.807, 2.05) is 36.4 Å². The summed E-state index contributed by atoms with van der Waals surface area (Å²) < 4.78 is 17.4. The highest BCUT2D eigenvalue weighted by Crippen LogP contribution is 2.25. The Labute approximate surface area is 225 Å². The van der Waals surface area contributed by atoms with Crippen LogP contribution in [0.4, 0.5) is 4.79 Å². The Morgan fingerprint density at radius 1 is 1.08 bits per heavy atom. The van der Waals surface area contributed by atoms with Crippen molar-refractivity contribution in [3.63, 3.8) is 0 Å². The van der Waals surface area contributed by atoms with Gasteiger partial charge in [-0.1, -0.05) is 30.3 Å². The van der Waals surface area contributed by atoms with Crippen LogP contribution in [-0.4, -0.2) is 52.9 Å². The van der Waals surface area contributed by atoms with E-state index in [1.165, 1.54) is 4.57 Å². The van der Waals surface area contributed by atoms with Crippen LogP contribution in [0.3, 0.4) is 0 Å². The SMILES string of the molecule is Cn1c(=O)oc2ccc(-c3ccc(C[C@H](NC(=O)C4(NC(=O)OC(C)(C)C)CCOCC4)C(N)=O)cc3)cc21. The van der Waals surface area contributed by atoms with Crippen molar-refractivity contribution in [2.24, 2.45) is 12.8 Å². The highest BCUT2D eigenvalue weighted by atomic mass is 16.6. The molecule has 1 aliphatic rings. The number of carbonyl (C=O) groups is 3. The molecule has 11 heteroatoms. The van der Waals surface area contributed by atoms with Crippen molar-refractivity contribution in [2.75, 3.05) is 13.2 Å². The predicted octanol–water partition coefficient (Wildman–Crippen LogP) is 2.38. The fourth-order valence-electron chi connectivity index (χ4n) is 4.52. The van der Waals surface area contributed by atoms with Crippen LogP contribution in [0.1, 0.15) is 39.2 Å². The minimum absolute atomic E-state index is 0.162. The summed E-state index contributed by atoms with van der Waals surface area (Å²) in [6.07, 6.45) is -0.106. The molecule has 0 aliphatic carbocycles. The normalized spacial score (nSPS) is 15.9. The van der Waals surface area contributed by atoms with E-state index in [2.05, 4.69) is 10.6 Å². The highest BCUT2D eigenvalue weighted by molar-refractivity contribution is 5.94. The number of amides is 3. The van der Waals surface area contributed by atoms with E-state index in [1.54, 1.807) is 33.9 Å². The number of oxazole rings is 1. The van der Waals surface area contributed by atoms with Crippen LogP contribution < -0.4 is 22.1 Å². The zero-order valence-corrected chi connectivity index (χ0v) is 22.5. The van der Waals surface area contributed by atoms with E-state index < -0.39 is 40.8 Å². The van der Waals surface area contributed by atoms with Crippen molar-refractivity contribution in [1.82, 2.24) is 15.2 Å². The van der Waals surface area contributed by atoms with Crippen molar-refractivity contribution < 1.29 is 28.3 Å². The molecule has 0 bridgehead atoms. The van der Waals surface area contributed by atoms with Crippen LogP contribution in [0.15, 0.2) is 51.7 Å². The first kappa shape index (κ1) is 27.9. The molecule has 3 aromatic rings. The average Bonchev–Trinajstić information content (AvgIpc) is 3.16. The van der Waals surface area contributed by atoms with E-state index in [-0.39, 0.29) is 32.5 Å². The number of ether oxygens (including phenoxy) is 2. The van der Waals surface area contributed by atoms with Crippen LogP contribution in [-0.2, 0) is 32.5 Å². The quantitative estimate of drug-likeness (QED) is 0.417. The Kier molecular flexibility index (Phi) is 7.82. The standard InChI is InChI=1S/C28H34N4O7/c1-27(2,3)39-25(35)31-28(11-13-37-14-12-28)24(34)30-20(23(29)33)15-17-5-7-18(8-6-17)19-9-10-22-21(16-19)32(4)26(36)38-22/h5-10,16,20H,11-15H2,1-4H3,(H2,29,33)(H,30,34)(H,31,35)/t20-/m0/s1. The van der Waals surface area contributed by atoms with Gasteiger partial charge in [-0.2, -0.15) is 0 Å². The third-order valence-corrected chi connectivity index (χ3v) is 6.69. The molecule has 39 heavy (non-hydrogen) atoms. The number of carbonyl (C=O) groups excluding carboxylic acids is 3. The second-order valence-corrected chi connectivity index (χ2v) is 10.8. The molecular formula is C28H34N4O7. The Morgan fingerprint density at radius 2 is 1.72 bits per heavy atom. The number of aromatic nitrogens is 1. The number of fused-ring (bicyclic) bond motifs is 1. The molecule has 1 aromatic heterocycles. The summed E-state index contributed by atoms with van der Waals surface area (Å²) >= 11 is 0. The number of rotatable bonds is 7. The summed E-state index contributed by atoms with van der Waals surface area (Å²) in [5.41, 5.74) is 7.38. The highest BCUT2D eigenvalue weighted by Gasteiger charge is 2.43. The minimum Gasteiger partial charge on any atom is -0.444 e. The lowest BCUT2D eigenvalue weighted by Crippen LogP contribution is -2.64. The van der Waals surface area contributed by atoms with Crippen molar-refractivity contribution in [2.45, 2.75) is 57.2 Å². The topological polar surface area (TPSA) is 155 Å². The summed E-state index contributed by atoms with van der Waals surface area (Å²) in [5, 5.41) is 5.44. The predicted molar refractivity (Wildman–Crippen MR) is 144 cm³/mol. The molecule has 0 radical (unpaired) electrons. The number of hydrogen-bond donors (Lipinski definition) is 3. The fraction of sp³-hybridized carbons (Fsp3) is 0.429. The molecule has 208 valence electrons. The zero-order chi connectivity index (χ0) is 28.4. The number of hydrogen-bond acceptors (Lipinski definition) is 7. The van der Waals surface area contributed by atoms with Crippen molar-refractivity contribution in [3.05, 3.63) is 58.6 Å². The van der Waals surface area contributed by atoms with Crippen molar-refractivity contribution in [3.8, 4) is 11.1 Å². The third kappa shape index (κ3) is 6.48. The number of primary amides is 1. The Hall–Kier alpha value is -4.12. The molecule has 1 fully saturated rings. The number of nitrogens with one attached hydrogen (secondary N) is 2. The number of benzene rings is 2. The van der Waals surface area contributed by atoms with Gasteiger partial charge in [0.05, 0.1) is 5.52 Å². The van der Waals surface area contributed by atoms with Crippen molar-refractivity contribution >= 4 is 29.0 Å². The maximum absolute atomic E-state index is 13.4. The van der Waals surface area contributed by atoms with E-state index in [9.17, 15) is 19.2 Å². The summed E-state index contributed by atoms with van der Waals surface area (Å²) in [7, 11) is 1.65. The summed E-state index contributed by atoms with van der Waals surface area (Å²) in [4.78, 5) is 50.1. The van der Waals surface area contributed by atoms with E-state index in [4.69, 9.17) is 19.6 Å². The van der Waals surface area contributed by atoms with Gasteiger partial charge in [-0.15, -0.1) is 0 Å². The van der Waals surface area contributed by atoms with Crippen LogP contribution in [0, 0.1) is 0 Å². The van der Waals surface area contributed by atoms with Gasteiger partial charge in [0.2, 0.25) is 11.8 Å². The maximum atomic E-state index is 13.4. The van der Waals surface area contributed by atoms with Crippen LogP contribution >= 0.6 is 0 Å². The monoisotopic (exact) mass is 538 g/mol. The molecule has 0 saturated carbocycles. The lowest BCUT2D eigenvalue weighted by atomic mass is 9.88. The van der Waals surface area contributed by atoms with Crippen LogP contribution in [0.2, 0.25) is 0 Å². The van der Waals surface area contributed by atoms with Gasteiger partial charge >= 0.3 is 11.8 Å². The van der Waals surface area contributed by atoms with Gasteiger partial charge < -0.3 is 30.3 Å². The Bertz CT molecular complexity index is 1430. The zero-order valence-electron chi connectivity index (χ0n) is 22.5. The van der Waals surface area contributed by atoms with Gasteiger partial charge in [-0.05, 0) is 49.6 Å². The van der Waals surface area contributed by atoms with E-state index in [0.717, 1.165) is 16.7 Å². The third-order valence-electron chi connectivity index (χ3n) is 6.69. The smallest absolute Gasteiger partial charge is 0.419 e. The van der Waals surface area contributed by atoms with Gasteiger partial charge in [-0.3, -0.25) is 14.2 Å². The summed E-state index contributed by atoms with van der Waals surface area (Å²) in [6.45, 7) is 5.73. The second kappa shape index (κ2) is 10.9. The molecule has 1 saturated heterocycles. The van der Waals surface area contributed by atoms with Crippen LogP contribution in [0.25, 0.3) is 22.2 Å². The van der Waals surface area contributed by atoms with E-state index in [0.29, 0.717) is 11.1 Å². The molecule has 0 spiro atoms. The number of alkyl carbamates (subject to hydrolysis) is 1. The molecule has 4 N–H and O–H groups in total. The van der Waals surface area contributed by atoms with Gasteiger partial charge in [-0.25, -0.2) is 9.59 Å². The molecule has 4 rings (SSSR count). The lowest BCUT2D eigenvalue weighted by molar-refractivity contribution is -0.135. The molecule has 1 aliphatic heterocycles. The number of aryl methyl sites for hydroxylation is 1. The summed E-state index contributed by atoms with van der Waals surface area (Å²) in [6, 6.07) is 11.9. The molecule has 3 amide bonds. The first-order valence-corrected chi connectivity index (χ1v) is 12.7. The Morgan fingerprint density at radius 3 is 2.33 bits per heavy atom. The first-order valence-electron chi connectivity index (χ1n) is 12.7. The lowest BCUT2D eigenvalue weighted by Gasteiger charge is -2.37. The average molecular weight is 539 g/mol.